The van der Waals surface area contributed by atoms with E-state index in [-0.39, 0.29) is 11.9 Å². The van der Waals surface area contributed by atoms with Gasteiger partial charge >= 0.3 is 0 Å². The fourth-order valence-corrected chi connectivity index (χ4v) is 2.30. The van der Waals surface area contributed by atoms with Crippen molar-refractivity contribution in [1.82, 2.24) is 10.6 Å². The van der Waals surface area contributed by atoms with Crippen molar-refractivity contribution in [2.24, 2.45) is 0 Å². The Kier molecular flexibility index (Phi) is 6.46. The molecule has 1 saturated heterocycles. The maximum absolute atomic E-state index is 11.9. The quantitative estimate of drug-likeness (QED) is 0.699. The molecule has 16 heavy (non-hydrogen) atoms. The minimum atomic E-state index is 0.0704. The lowest BCUT2D eigenvalue weighted by Gasteiger charge is -2.20. The van der Waals surface area contributed by atoms with Crippen LogP contribution in [0.5, 0.6) is 0 Å². The number of carbonyl (C=O) groups excluding carboxylic acids is 1. The summed E-state index contributed by atoms with van der Waals surface area (Å²) in [5.41, 5.74) is 0. The first-order valence-corrected chi connectivity index (χ1v) is 6.81. The molecule has 0 aliphatic carbocycles. The van der Waals surface area contributed by atoms with Gasteiger partial charge in [-0.3, -0.25) is 4.79 Å². The van der Waals surface area contributed by atoms with Gasteiger partial charge in [0.25, 0.3) is 0 Å². The van der Waals surface area contributed by atoms with E-state index in [1.165, 1.54) is 12.8 Å². The van der Waals surface area contributed by atoms with E-state index >= 15 is 0 Å². The predicted molar refractivity (Wildman–Crippen MR) is 67.4 cm³/mol. The number of unbranched alkanes of at least 4 members (excludes halogenated alkanes) is 1. The first-order valence-electron chi connectivity index (χ1n) is 6.81. The van der Waals surface area contributed by atoms with Gasteiger partial charge in [0.1, 0.15) is 0 Å². The SMILES string of the molecule is CCCCC(CCC)NC(=O)[C@H]1CCCN1. The Labute approximate surface area is 99.4 Å². The summed E-state index contributed by atoms with van der Waals surface area (Å²) in [6, 6.07) is 0.459. The van der Waals surface area contributed by atoms with Crippen LogP contribution in [0.25, 0.3) is 0 Å². The monoisotopic (exact) mass is 226 g/mol. The highest BCUT2D eigenvalue weighted by Gasteiger charge is 2.23. The van der Waals surface area contributed by atoms with Crippen LogP contribution in [0.4, 0.5) is 0 Å². The van der Waals surface area contributed by atoms with Crippen molar-refractivity contribution in [3.63, 3.8) is 0 Å². The number of nitrogens with one attached hydrogen (secondary N) is 2. The van der Waals surface area contributed by atoms with Gasteiger partial charge in [0, 0.05) is 6.04 Å². The molecule has 2 atom stereocenters. The van der Waals surface area contributed by atoms with Crippen molar-refractivity contribution >= 4 is 5.91 Å². The van der Waals surface area contributed by atoms with E-state index in [9.17, 15) is 4.79 Å². The van der Waals surface area contributed by atoms with Crippen LogP contribution in [-0.4, -0.2) is 24.5 Å². The highest BCUT2D eigenvalue weighted by molar-refractivity contribution is 5.82. The van der Waals surface area contributed by atoms with Gasteiger partial charge in [-0.2, -0.15) is 0 Å². The van der Waals surface area contributed by atoms with E-state index in [0.717, 1.165) is 38.6 Å². The molecule has 0 aromatic carbocycles. The zero-order valence-corrected chi connectivity index (χ0v) is 10.7. The normalized spacial score (nSPS) is 22.0. The van der Waals surface area contributed by atoms with Crippen LogP contribution in [0, 0.1) is 0 Å². The highest BCUT2D eigenvalue weighted by Crippen LogP contribution is 2.09. The lowest BCUT2D eigenvalue weighted by atomic mass is 10.0. The number of hydrogen-bond donors (Lipinski definition) is 2. The summed E-state index contributed by atoms with van der Waals surface area (Å²) in [6.07, 6.45) is 7.93. The van der Waals surface area contributed by atoms with Crippen LogP contribution < -0.4 is 10.6 Å². The maximum atomic E-state index is 11.9. The number of hydrogen-bond acceptors (Lipinski definition) is 2. The van der Waals surface area contributed by atoms with Crippen molar-refractivity contribution in [2.45, 2.75) is 70.9 Å². The lowest BCUT2D eigenvalue weighted by Crippen LogP contribution is -2.45. The van der Waals surface area contributed by atoms with Crippen molar-refractivity contribution in [3.8, 4) is 0 Å². The van der Waals surface area contributed by atoms with Gasteiger partial charge in [0.05, 0.1) is 6.04 Å². The first-order chi connectivity index (χ1) is 7.77. The molecule has 0 bridgehead atoms. The molecule has 3 heteroatoms. The fraction of sp³-hybridized carbons (Fsp3) is 0.923. The molecule has 94 valence electrons. The summed E-state index contributed by atoms with van der Waals surface area (Å²) in [6.45, 7) is 5.37. The molecule has 0 saturated carbocycles. The molecule has 1 unspecified atom stereocenters. The van der Waals surface area contributed by atoms with Crippen molar-refractivity contribution < 1.29 is 4.79 Å². The Morgan fingerprint density at radius 1 is 1.38 bits per heavy atom. The standard InChI is InChI=1S/C13H26N2O/c1-3-5-8-11(7-4-2)15-13(16)12-9-6-10-14-12/h11-12,14H,3-10H2,1-2H3,(H,15,16)/t11?,12-/m1/s1. The van der Waals surface area contributed by atoms with Crippen LogP contribution in [0.3, 0.4) is 0 Å². The van der Waals surface area contributed by atoms with Crippen LogP contribution in [0.2, 0.25) is 0 Å². The van der Waals surface area contributed by atoms with Crippen molar-refractivity contribution in [1.29, 1.82) is 0 Å². The average molecular weight is 226 g/mol. The van der Waals surface area contributed by atoms with Crippen molar-refractivity contribution in [3.05, 3.63) is 0 Å². The zero-order valence-electron chi connectivity index (χ0n) is 10.7. The van der Waals surface area contributed by atoms with E-state index in [0.29, 0.717) is 6.04 Å². The molecule has 3 nitrogen and oxygen atoms in total. The van der Waals surface area contributed by atoms with Gasteiger partial charge < -0.3 is 10.6 Å². The number of rotatable bonds is 7. The molecule has 1 fully saturated rings. The van der Waals surface area contributed by atoms with Gasteiger partial charge in [-0.1, -0.05) is 33.1 Å². The Bertz CT molecular complexity index is 200. The molecule has 0 spiro atoms. The van der Waals surface area contributed by atoms with Crippen LogP contribution in [0.1, 0.15) is 58.8 Å². The van der Waals surface area contributed by atoms with E-state index in [2.05, 4.69) is 24.5 Å². The third-order valence-corrected chi connectivity index (χ3v) is 3.27. The molecule has 2 N–H and O–H groups in total. The number of amides is 1. The number of carbonyl (C=O) groups is 1. The van der Waals surface area contributed by atoms with E-state index in [1.54, 1.807) is 0 Å². The Morgan fingerprint density at radius 3 is 2.75 bits per heavy atom. The second-order valence-corrected chi connectivity index (χ2v) is 4.79. The highest BCUT2D eigenvalue weighted by atomic mass is 16.2. The van der Waals surface area contributed by atoms with E-state index in [4.69, 9.17) is 0 Å². The molecule has 1 amide bonds. The minimum absolute atomic E-state index is 0.0704. The van der Waals surface area contributed by atoms with E-state index < -0.39 is 0 Å². The minimum Gasteiger partial charge on any atom is -0.352 e. The maximum Gasteiger partial charge on any atom is 0.237 e. The van der Waals surface area contributed by atoms with Crippen LogP contribution in [-0.2, 0) is 4.79 Å². The molecule has 1 heterocycles. The third kappa shape index (κ3) is 4.52. The predicted octanol–water partition coefficient (Wildman–Crippen LogP) is 2.21. The van der Waals surface area contributed by atoms with Gasteiger partial charge in [0.15, 0.2) is 0 Å². The second kappa shape index (κ2) is 7.66. The second-order valence-electron chi connectivity index (χ2n) is 4.79. The molecule has 1 aliphatic heterocycles. The molecular formula is C13H26N2O. The zero-order chi connectivity index (χ0) is 11.8. The molecule has 0 aromatic heterocycles. The Hall–Kier alpha value is -0.570. The smallest absolute Gasteiger partial charge is 0.237 e. The largest absolute Gasteiger partial charge is 0.352 e. The molecular weight excluding hydrogens is 200 g/mol. The molecule has 0 aromatic rings. The molecule has 1 rings (SSSR count). The molecule has 0 radical (unpaired) electrons. The van der Waals surface area contributed by atoms with Gasteiger partial charge in [-0.15, -0.1) is 0 Å². The van der Waals surface area contributed by atoms with Gasteiger partial charge in [-0.25, -0.2) is 0 Å². The Morgan fingerprint density at radius 2 is 2.19 bits per heavy atom. The summed E-state index contributed by atoms with van der Waals surface area (Å²) in [4.78, 5) is 11.9. The summed E-state index contributed by atoms with van der Waals surface area (Å²) in [7, 11) is 0. The average Bonchev–Trinajstić information content (AvgIpc) is 2.79. The first kappa shape index (κ1) is 13.5. The van der Waals surface area contributed by atoms with E-state index in [1.807, 2.05) is 0 Å². The topological polar surface area (TPSA) is 41.1 Å². The van der Waals surface area contributed by atoms with Crippen LogP contribution >= 0.6 is 0 Å². The summed E-state index contributed by atoms with van der Waals surface area (Å²) in [5, 5.41) is 6.44. The van der Waals surface area contributed by atoms with Crippen molar-refractivity contribution in [2.75, 3.05) is 6.54 Å². The van der Waals surface area contributed by atoms with Crippen LogP contribution in [0.15, 0.2) is 0 Å². The summed E-state index contributed by atoms with van der Waals surface area (Å²) < 4.78 is 0. The third-order valence-electron chi connectivity index (χ3n) is 3.27. The lowest BCUT2D eigenvalue weighted by molar-refractivity contribution is -0.123. The van der Waals surface area contributed by atoms with Gasteiger partial charge in [0.2, 0.25) is 5.91 Å². The Balaban J connectivity index is 2.30. The fourth-order valence-electron chi connectivity index (χ4n) is 2.30. The summed E-state index contributed by atoms with van der Waals surface area (Å²) in [5.74, 6) is 0.215. The van der Waals surface area contributed by atoms with Gasteiger partial charge in [-0.05, 0) is 32.2 Å². The summed E-state index contributed by atoms with van der Waals surface area (Å²) >= 11 is 0. The molecule has 1 aliphatic rings.